The number of rotatable bonds is 15. The number of carbonyl (C=O) groups is 1. The van der Waals surface area contributed by atoms with Crippen molar-refractivity contribution in [2.45, 2.75) is 39.4 Å². The first kappa shape index (κ1) is 24.1. The average molecular weight is 414 g/mol. The Balaban J connectivity index is 1.83. The highest BCUT2D eigenvalue weighted by Gasteiger charge is 2.19. The molecule has 0 spiro atoms. The van der Waals surface area contributed by atoms with Crippen LogP contribution in [0.25, 0.3) is 0 Å². The van der Waals surface area contributed by atoms with Gasteiger partial charge in [0.25, 0.3) is 0 Å². The minimum absolute atomic E-state index is 0.0649. The van der Waals surface area contributed by atoms with Crippen molar-refractivity contribution in [1.29, 1.82) is 0 Å². The molecule has 0 saturated carbocycles. The van der Waals surface area contributed by atoms with Crippen LogP contribution in [0.15, 0.2) is 60.7 Å². The Bertz CT molecular complexity index is 687. The van der Waals surface area contributed by atoms with E-state index >= 15 is 0 Å². The largest absolute Gasteiger partial charge is 0.381 e. The summed E-state index contributed by atoms with van der Waals surface area (Å²) in [4.78, 5) is 14.7. The van der Waals surface area contributed by atoms with Crippen LogP contribution in [0.5, 0.6) is 0 Å². The molecule has 0 heterocycles. The number of nitrogens with zero attached hydrogens (tertiary/aromatic N) is 1. The minimum atomic E-state index is -0.404. The third kappa shape index (κ3) is 9.53. The molecule has 0 N–H and O–H groups in total. The van der Waals surface area contributed by atoms with E-state index in [2.05, 4.69) is 24.3 Å². The second kappa shape index (κ2) is 14.7. The highest BCUT2D eigenvalue weighted by atomic mass is 16.7. The van der Waals surface area contributed by atoms with E-state index in [0.717, 1.165) is 12.8 Å². The van der Waals surface area contributed by atoms with Crippen molar-refractivity contribution < 1.29 is 19.0 Å². The first-order valence-electron chi connectivity index (χ1n) is 10.9. The fraction of sp³-hybridized carbons (Fsp3) is 0.480. The topological polar surface area (TPSA) is 48.0 Å². The molecule has 0 aromatic heterocycles. The van der Waals surface area contributed by atoms with E-state index in [1.165, 1.54) is 11.1 Å². The van der Waals surface area contributed by atoms with E-state index in [4.69, 9.17) is 14.2 Å². The van der Waals surface area contributed by atoms with E-state index in [1.54, 1.807) is 0 Å². The molecule has 30 heavy (non-hydrogen) atoms. The molecule has 2 rings (SSSR count). The maximum absolute atomic E-state index is 12.9. The molecule has 0 fully saturated rings. The fourth-order valence-electron chi connectivity index (χ4n) is 3.19. The summed E-state index contributed by atoms with van der Waals surface area (Å²) < 4.78 is 17.0. The Labute approximate surface area is 180 Å². The summed E-state index contributed by atoms with van der Waals surface area (Å²) in [5.41, 5.74) is 2.45. The van der Waals surface area contributed by atoms with Crippen molar-refractivity contribution in [1.82, 2.24) is 4.90 Å². The van der Waals surface area contributed by atoms with Gasteiger partial charge in [0.1, 0.15) is 0 Å². The van der Waals surface area contributed by atoms with Crippen LogP contribution < -0.4 is 0 Å². The summed E-state index contributed by atoms with van der Waals surface area (Å²) in [5, 5.41) is 0. The van der Waals surface area contributed by atoms with Gasteiger partial charge >= 0.3 is 0 Å². The van der Waals surface area contributed by atoms with Crippen LogP contribution in [-0.2, 0) is 31.8 Å². The van der Waals surface area contributed by atoms with Gasteiger partial charge in [-0.2, -0.15) is 0 Å². The summed E-state index contributed by atoms with van der Waals surface area (Å²) in [6.07, 6.45) is 1.60. The van der Waals surface area contributed by atoms with Gasteiger partial charge in [0.15, 0.2) is 6.29 Å². The molecule has 0 aliphatic heterocycles. The molecule has 164 valence electrons. The SMILES string of the molecule is CCOC(CN(CCc1ccccc1)C(=O)CCOCCc1ccccc1)OCC. The molecular weight excluding hydrogens is 378 g/mol. The number of amides is 1. The molecule has 1 amide bonds. The monoisotopic (exact) mass is 413 g/mol. The van der Waals surface area contributed by atoms with E-state index in [1.807, 2.05) is 55.1 Å². The lowest BCUT2D eigenvalue weighted by molar-refractivity contribution is -0.159. The molecule has 0 aliphatic rings. The average Bonchev–Trinajstić information content (AvgIpc) is 2.78. The summed E-state index contributed by atoms with van der Waals surface area (Å²) in [5.74, 6) is 0.0649. The normalized spacial score (nSPS) is 11.0. The Kier molecular flexibility index (Phi) is 11.8. The predicted molar refractivity (Wildman–Crippen MR) is 119 cm³/mol. The molecule has 5 nitrogen and oxygen atoms in total. The molecule has 0 bridgehead atoms. The van der Waals surface area contributed by atoms with Crippen LogP contribution >= 0.6 is 0 Å². The van der Waals surface area contributed by atoms with Gasteiger partial charge in [-0.1, -0.05) is 60.7 Å². The highest BCUT2D eigenvalue weighted by Crippen LogP contribution is 2.07. The lowest BCUT2D eigenvalue weighted by atomic mass is 10.1. The van der Waals surface area contributed by atoms with Gasteiger partial charge in [0.2, 0.25) is 5.91 Å². The lowest BCUT2D eigenvalue weighted by Gasteiger charge is -2.27. The van der Waals surface area contributed by atoms with Crippen molar-refractivity contribution in [2.75, 3.05) is 39.5 Å². The molecule has 0 atom stereocenters. The quantitative estimate of drug-likeness (QED) is 0.326. The minimum Gasteiger partial charge on any atom is -0.381 e. The van der Waals surface area contributed by atoms with Crippen molar-refractivity contribution >= 4 is 5.91 Å². The van der Waals surface area contributed by atoms with E-state index in [-0.39, 0.29) is 5.91 Å². The molecular formula is C25H35NO4. The standard InChI is InChI=1S/C25H35NO4/c1-3-29-25(30-4-2)21-26(18-15-22-11-7-5-8-12-22)24(27)17-20-28-19-16-23-13-9-6-10-14-23/h5-14,25H,3-4,15-21H2,1-2H3. The van der Waals surface area contributed by atoms with Crippen molar-refractivity contribution in [3.63, 3.8) is 0 Å². The van der Waals surface area contributed by atoms with Crippen LogP contribution in [0.2, 0.25) is 0 Å². The van der Waals surface area contributed by atoms with Crippen molar-refractivity contribution in [2.24, 2.45) is 0 Å². The zero-order chi connectivity index (χ0) is 21.4. The number of hydrogen-bond acceptors (Lipinski definition) is 4. The zero-order valence-electron chi connectivity index (χ0n) is 18.3. The molecule has 0 unspecified atom stereocenters. The number of carbonyl (C=O) groups excluding carboxylic acids is 1. The van der Waals surface area contributed by atoms with Gasteiger partial charge in [-0.3, -0.25) is 4.79 Å². The Hall–Kier alpha value is -2.21. The van der Waals surface area contributed by atoms with Gasteiger partial charge < -0.3 is 19.1 Å². The van der Waals surface area contributed by atoms with Gasteiger partial charge in [0.05, 0.1) is 26.2 Å². The van der Waals surface area contributed by atoms with Gasteiger partial charge in [-0.25, -0.2) is 0 Å². The number of benzene rings is 2. The number of ether oxygens (including phenoxy) is 3. The van der Waals surface area contributed by atoms with Gasteiger partial charge in [-0.05, 0) is 37.8 Å². The second-order valence-corrected chi connectivity index (χ2v) is 7.01. The summed E-state index contributed by atoms with van der Waals surface area (Å²) >= 11 is 0. The molecule has 0 radical (unpaired) electrons. The summed E-state index contributed by atoms with van der Waals surface area (Å²) in [7, 11) is 0. The van der Waals surface area contributed by atoms with Gasteiger partial charge in [-0.15, -0.1) is 0 Å². The van der Waals surface area contributed by atoms with Crippen molar-refractivity contribution in [3.8, 4) is 0 Å². The smallest absolute Gasteiger partial charge is 0.225 e. The Morgan fingerprint density at radius 3 is 1.97 bits per heavy atom. The Morgan fingerprint density at radius 1 is 0.833 bits per heavy atom. The molecule has 2 aromatic rings. The maximum Gasteiger partial charge on any atom is 0.225 e. The number of hydrogen-bond donors (Lipinski definition) is 0. The molecule has 0 saturated heterocycles. The highest BCUT2D eigenvalue weighted by molar-refractivity contribution is 5.76. The predicted octanol–water partition coefficient (Wildman–Crippen LogP) is 4.11. The van der Waals surface area contributed by atoms with Gasteiger partial charge in [0, 0.05) is 19.8 Å². The zero-order valence-corrected chi connectivity index (χ0v) is 18.3. The maximum atomic E-state index is 12.9. The van der Waals surface area contributed by atoms with Crippen LogP contribution in [0, 0.1) is 0 Å². The second-order valence-electron chi connectivity index (χ2n) is 7.01. The first-order valence-corrected chi connectivity index (χ1v) is 10.9. The van der Waals surface area contributed by atoms with Crippen LogP contribution in [0.4, 0.5) is 0 Å². The van der Waals surface area contributed by atoms with E-state index in [0.29, 0.717) is 45.9 Å². The third-order valence-electron chi connectivity index (χ3n) is 4.78. The molecule has 2 aromatic carbocycles. The van der Waals surface area contributed by atoms with Crippen LogP contribution in [-0.4, -0.2) is 56.6 Å². The van der Waals surface area contributed by atoms with Crippen LogP contribution in [0.1, 0.15) is 31.4 Å². The summed E-state index contributed by atoms with van der Waals surface area (Å²) in [6, 6.07) is 20.4. The fourth-order valence-corrected chi connectivity index (χ4v) is 3.19. The summed E-state index contributed by atoms with van der Waals surface area (Å²) in [6.45, 7) is 7.05. The lowest BCUT2D eigenvalue weighted by Crippen LogP contribution is -2.41. The van der Waals surface area contributed by atoms with Crippen molar-refractivity contribution in [3.05, 3.63) is 71.8 Å². The molecule has 5 heteroatoms. The molecule has 0 aliphatic carbocycles. The third-order valence-corrected chi connectivity index (χ3v) is 4.78. The van der Waals surface area contributed by atoms with E-state index in [9.17, 15) is 4.79 Å². The van der Waals surface area contributed by atoms with E-state index < -0.39 is 6.29 Å². The Morgan fingerprint density at radius 2 is 1.40 bits per heavy atom. The first-order chi connectivity index (χ1) is 14.7. The van der Waals surface area contributed by atoms with Crippen LogP contribution in [0.3, 0.4) is 0 Å².